The summed E-state index contributed by atoms with van der Waals surface area (Å²) in [5.74, 6) is 1.39. The molecule has 6 heteroatoms. The van der Waals surface area contributed by atoms with Crippen LogP contribution in [0.25, 0.3) is 0 Å². The molecule has 2 atom stereocenters. The van der Waals surface area contributed by atoms with Gasteiger partial charge in [-0.25, -0.2) is 4.39 Å². The van der Waals surface area contributed by atoms with Crippen LogP contribution in [0.4, 0.5) is 4.39 Å². The summed E-state index contributed by atoms with van der Waals surface area (Å²) >= 11 is 0. The molecular weight excluding hydrogens is 321 g/mol. The largest absolute Gasteiger partial charge is 0.424 e. The first-order valence-corrected chi connectivity index (χ1v) is 8.92. The van der Waals surface area contributed by atoms with E-state index in [0.29, 0.717) is 23.3 Å². The van der Waals surface area contributed by atoms with Crippen LogP contribution >= 0.6 is 0 Å². The lowest BCUT2D eigenvalue weighted by Crippen LogP contribution is -2.30. The fourth-order valence-corrected chi connectivity index (χ4v) is 4.03. The first-order valence-electron chi connectivity index (χ1n) is 8.92. The molecule has 1 N–H and O–H groups in total. The smallest absolute Gasteiger partial charge is 0.227 e. The van der Waals surface area contributed by atoms with Crippen LogP contribution in [0.3, 0.4) is 0 Å². The number of amides is 1. The summed E-state index contributed by atoms with van der Waals surface area (Å²) in [6, 6.07) is 7.07. The van der Waals surface area contributed by atoms with E-state index in [1.54, 1.807) is 19.1 Å². The van der Waals surface area contributed by atoms with Crippen molar-refractivity contribution in [3.63, 3.8) is 0 Å². The molecule has 1 amide bonds. The highest BCUT2D eigenvalue weighted by Crippen LogP contribution is 2.53. The highest BCUT2D eigenvalue weighted by molar-refractivity contribution is 5.73. The number of halogens is 1. The van der Waals surface area contributed by atoms with Crippen molar-refractivity contribution >= 4 is 5.91 Å². The Bertz CT molecular complexity index is 784. The Hall–Kier alpha value is -2.24. The Balaban J connectivity index is 1.45. The fraction of sp³-hybridized carbons (Fsp3) is 0.526. The van der Waals surface area contributed by atoms with Crippen LogP contribution < -0.4 is 5.32 Å². The number of hydrogen-bond acceptors (Lipinski definition) is 4. The van der Waals surface area contributed by atoms with E-state index in [4.69, 9.17) is 4.42 Å². The highest BCUT2D eigenvalue weighted by atomic mass is 19.1. The molecule has 1 heterocycles. The predicted molar refractivity (Wildman–Crippen MR) is 89.4 cm³/mol. The van der Waals surface area contributed by atoms with E-state index in [0.717, 1.165) is 38.5 Å². The minimum absolute atomic E-state index is 0.0197. The number of hydrogen-bond donors (Lipinski definition) is 1. The van der Waals surface area contributed by atoms with Crippen LogP contribution in [0.1, 0.15) is 56.4 Å². The zero-order valence-corrected chi connectivity index (χ0v) is 14.3. The molecule has 2 fully saturated rings. The second-order valence-corrected chi connectivity index (χ2v) is 7.34. The fourth-order valence-electron chi connectivity index (χ4n) is 4.03. The number of rotatable bonds is 5. The molecule has 0 unspecified atom stereocenters. The molecule has 2 saturated carbocycles. The molecule has 25 heavy (non-hydrogen) atoms. The van der Waals surface area contributed by atoms with Gasteiger partial charge in [0, 0.05) is 24.9 Å². The van der Waals surface area contributed by atoms with Gasteiger partial charge < -0.3 is 9.73 Å². The standard InChI is InChI=1S/C19H22FN3O2/c1-12(24)21-14-7-6-13(10-14)11-17-22-23-18(25-17)19(8-9-19)15-4-2-3-5-16(15)20/h2-5,13-14H,6-11H2,1H3,(H,21,24)/t13-,14+/m1/s1. The van der Waals surface area contributed by atoms with Crippen LogP contribution in [-0.4, -0.2) is 22.1 Å². The Morgan fingerprint density at radius 3 is 2.84 bits per heavy atom. The second-order valence-electron chi connectivity index (χ2n) is 7.34. The minimum atomic E-state index is -0.439. The lowest BCUT2D eigenvalue weighted by molar-refractivity contribution is -0.119. The average molecular weight is 343 g/mol. The van der Waals surface area contributed by atoms with E-state index < -0.39 is 5.41 Å². The third kappa shape index (κ3) is 3.17. The van der Waals surface area contributed by atoms with Gasteiger partial charge in [0.1, 0.15) is 5.82 Å². The van der Waals surface area contributed by atoms with Crippen molar-refractivity contribution in [2.45, 2.75) is 56.9 Å². The van der Waals surface area contributed by atoms with E-state index in [-0.39, 0.29) is 17.8 Å². The van der Waals surface area contributed by atoms with E-state index in [9.17, 15) is 9.18 Å². The number of nitrogens with one attached hydrogen (secondary N) is 1. The maximum atomic E-state index is 14.2. The molecule has 1 aromatic heterocycles. The van der Waals surface area contributed by atoms with Gasteiger partial charge >= 0.3 is 0 Å². The SMILES string of the molecule is CC(=O)N[C@H]1CC[C@@H](Cc2nnc(C3(c4ccccc4F)CC3)o2)C1. The van der Waals surface area contributed by atoms with Crippen molar-refractivity contribution in [3.8, 4) is 0 Å². The van der Waals surface area contributed by atoms with Crippen LogP contribution in [0.2, 0.25) is 0 Å². The molecule has 132 valence electrons. The van der Waals surface area contributed by atoms with E-state index in [1.807, 2.05) is 6.07 Å². The summed E-state index contributed by atoms with van der Waals surface area (Å²) in [4.78, 5) is 11.2. The Morgan fingerprint density at radius 2 is 2.12 bits per heavy atom. The molecule has 2 aromatic rings. The number of nitrogens with zero attached hydrogens (tertiary/aromatic N) is 2. The number of carbonyl (C=O) groups is 1. The lowest BCUT2D eigenvalue weighted by Gasteiger charge is -2.12. The highest BCUT2D eigenvalue weighted by Gasteiger charge is 2.52. The summed E-state index contributed by atoms with van der Waals surface area (Å²) in [7, 11) is 0. The molecular formula is C19H22FN3O2. The van der Waals surface area contributed by atoms with Crippen LogP contribution in [0.15, 0.2) is 28.7 Å². The number of aromatic nitrogens is 2. The van der Waals surface area contributed by atoms with Gasteiger partial charge in [-0.2, -0.15) is 0 Å². The summed E-state index contributed by atoms with van der Waals surface area (Å²) in [5, 5.41) is 11.4. The van der Waals surface area contributed by atoms with Crippen molar-refractivity contribution < 1.29 is 13.6 Å². The van der Waals surface area contributed by atoms with Gasteiger partial charge in [-0.1, -0.05) is 18.2 Å². The molecule has 2 aliphatic carbocycles. The van der Waals surface area contributed by atoms with Gasteiger partial charge in [-0.15, -0.1) is 10.2 Å². The topological polar surface area (TPSA) is 68.0 Å². The summed E-state index contributed by atoms with van der Waals surface area (Å²) in [6.07, 6.45) is 5.37. The van der Waals surface area contributed by atoms with Gasteiger partial charge in [-0.05, 0) is 44.1 Å². The third-order valence-electron chi connectivity index (χ3n) is 5.43. The van der Waals surface area contributed by atoms with Crippen molar-refractivity contribution in [1.82, 2.24) is 15.5 Å². The second kappa shape index (κ2) is 6.24. The third-order valence-corrected chi connectivity index (χ3v) is 5.43. The quantitative estimate of drug-likeness (QED) is 0.906. The summed E-state index contributed by atoms with van der Waals surface area (Å²) < 4.78 is 20.1. The maximum absolute atomic E-state index is 14.2. The molecule has 0 saturated heterocycles. The first-order chi connectivity index (χ1) is 12.1. The Morgan fingerprint density at radius 1 is 1.32 bits per heavy atom. The summed E-state index contributed by atoms with van der Waals surface area (Å²) in [6.45, 7) is 1.55. The molecule has 0 spiro atoms. The molecule has 4 rings (SSSR count). The molecule has 5 nitrogen and oxygen atoms in total. The molecule has 0 radical (unpaired) electrons. The van der Waals surface area contributed by atoms with Crippen molar-refractivity contribution in [2.24, 2.45) is 5.92 Å². The van der Waals surface area contributed by atoms with Gasteiger partial charge in [0.05, 0.1) is 5.41 Å². The molecule has 1 aromatic carbocycles. The summed E-state index contributed by atoms with van der Waals surface area (Å²) in [5.41, 5.74) is 0.210. The average Bonchev–Trinajstić information content (AvgIpc) is 3.03. The van der Waals surface area contributed by atoms with E-state index >= 15 is 0 Å². The van der Waals surface area contributed by atoms with Crippen molar-refractivity contribution in [2.75, 3.05) is 0 Å². The minimum Gasteiger partial charge on any atom is -0.424 e. The normalized spacial score (nSPS) is 24.2. The van der Waals surface area contributed by atoms with Crippen molar-refractivity contribution in [3.05, 3.63) is 47.4 Å². The van der Waals surface area contributed by atoms with Crippen LogP contribution in [0.5, 0.6) is 0 Å². The van der Waals surface area contributed by atoms with Gasteiger partial charge in [0.15, 0.2) is 0 Å². The first kappa shape index (κ1) is 16.2. The lowest BCUT2D eigenvalue weighted by atomic mass is 9.95. The Labute approximate surface area is 146 Å². The predicted octanol–water partition coefficient (Wildman–Crippen LogP) is 3.14. The number of carbonyl (C=O) groups excluding carboxylic acids is 1. The monoisotopic (exact) mass is 343 g/mol. The number of benzene rings is 1. The zero-order valence-electron chi connectivity index (χ0n) is 14.3. The molecule has 2 aliphatic rings. The maximum Gasteiger partial charge on any atom is 0.227 e. The zero-order chi connectivity index (χ0) is 17.4. The van der Waals surface area contributed by atoms with E-state index in [1.165, 1.54) is 6.07 Å². The van der Waals surface area contributed by atoms with Crippen molar-refractivity contribution in [1.29, 1.82) is 0 Å². The van der Waals surface area contributed by atoms with Crippen LogP contribution in [-0.2, 0) is 16.6 Å². The van der Waals surface area contributed by atoms with Gasteiger partial charge in [-0.3, -0.25) is 4.79 Å². The van der Waals surface area contributed by atoms with Gasteiger partial charge in [0.2, 0.25) is 17.7 Å². The van der Waals surface area contributed by atoms with Gasteiger partial charge in [0.25, 0.3) is 0 Å². The molecule has 0 bridgehead atoms. The van der Waals surface area contributed by atoms with Crippen LogP contribution in [0, 0.1) is 11.7 Å². The Kier molecular flexibility index (Phi) is 4.06. The molecule has 0 aliphatic heterocycles. The van der Waals surface area contributed by atoms with E-state index in [2.05, 4.69) is 15.5 Å².